The lowest BCUT2D eigenvalue weighted by molar-refractivity contribution is 0.0365. The Bertz CT molecular complexity index is 1140. The van der Waals surface area contributed by atoms with Gasteiger partial charge in [0.25, 0.3) is 0 Å². The van der Waals surface area contributed by atoms with Crippen molar-refractivity contribution in [3.63, 3.8) is 0 Å². The van der Waals surface area contributed by atoms with Crippen molar-refractivity contribution in [2.24, 2.45) is 0 Å². The van der Waals surface area contributed by atoms with Gasteiger partial charge in [0, 0.05) is 32.7 Å². The molecule has 0 aromatic heterocycles. The number of hydrogen-bond acceptors (Lipinski definition) is 5. The van der Waals surface area contributed by atoms with E-state index >= 15 is 0 Å². The lowest BCUT2D eigenvalue weighted by Gasteiger charge is -2.28. The Kier molecular flexibility index (Phi) is 9.74. The van der Waals surface area contributed by atoms with Crippen LogP contribution >= 0.6 is 0 Å². The molecule has 0 bridgehead atoms. The zero-order valence-electron chi connectivity index (χ0n) is 21.2. The fourth-order valence-electron chi connectivity index (χ4n) is 4.20. The highest BCUT2D eigenvalue weighted by Gasteiger charge is 2.18. The number of methoxy groups -OCH3 is 1. The van der Waals surface area contributed by atoms with E-state index in [4.69, 9.17) is 14.2 Å². The van der Waals surface area contributed by atoms with E-state index in [1.165, 1.54) is 6.07 Å². The van der Waals surface area contributed by atoms with Crippen LogP contribution in [0.5, 0.6) is 11.5 Å². The van der Waals surface area contributed by atoms with E-state index in [2.05, 4.69) is 10.2 Å². The van der Waals surface area contributed by atoms with Gasteiger partial charge < -0.3 is 24.4 Å². The third-order valence-electron chi connectivity index (χ3n) is 6.25. The smallest absolute Gasteiger partial charge is 0.322 e. The molecule has 1 aliphatic heterocycles. The topological polar surface area (TPSA) is 63.3 Å². The molecular formula is C29H34FN3O4. The van der Waals surface area contributed by atoms with Gasteiger partial charge >= 0.3 is 6.03 Å². The van der Waals surface area contributed by atoms with E-state index in [0.29, 0.717) is 31.2 Å². The largest absolute Gasteiger partial charge is 0.493 e. The van der Waals surface area contributed by atoms with Crippen molar-refractivity contribution < 1.29 is 23.4 Å². The number of urea groups is 1. The minimum atomic E-state index is -0.467. The summed E-state index contributed by atoms with van der Waals surface area (Å²) in [5.41, 5.74) is 2.11. The first-order valence-electron chi connectivity index (χ1n) is 12.6. The van der Waals surface area contributed by atoms with Gasteiger partial charge in [-0.3, -0.25) is 4.90 Å². The second-order valence-electron chi connectivity index (χ2n) is 8.90. The van der Waals surface area contributed by atoms with Crippen LogP contribution < -0.4 is 14.8 Å². The van der Waals surface area contributed by atoms with Crippen LogP contribution in [0.2, 0.25) is 0 Å². The van der Waals surface area contributed by atoms with Gasteiger partial charge in [-0.25, -0.2) is 9.18 Å². The fraction of sp³-hybridized carbons (Fsp3) is 0.345. The Balaban J connectivity index is 1.43. The monoisotopic (exact) mass is 507 g/mol. The van der Waals surface area contributed by atoms with Gasteiger partial charge in [-0.1, -0.05) is 48.5 Å². The Morgan fingerprint density at radius 3 is 2.51 bits per heavy atom. The molecule has 0 unspecified atom stereocenters. The number of nitrogens with one attached hydrogen (secondary N) is 1. The van der Waals surface area contributed by atoms with Crippen LogP contribution in [-0.4, -0.2) is 62.3 Å². The third kappa shape index (κ3) is 7.93. The zero-order chi connectivity index (χ0) is 25.9. The predicted octanol–water partition coefficient (Wildman–Crippen LogP) is 5.17. The van der Waals surface area contributed by atoms with Crippen molar-refractivity contribution in [1.29, 1.82) is 0 Å². The number of anilines is 1. The number of hydrogen-bond donors (Lipinski definition) is 1. The number of rotatable bonds is 11. The summed E-state index contributed by atoms with van der Waals surface area (Å²) in [6, 6.07) is 21.4. The van der Waals surface area contributed by atoms with Crippen molar-refractivity contribution in [1.82, 2.24) is 9.80 Å². The first kappa shape index (κ1) is 26.4. The maximum atomic E-state index is 14.2. The molecule has 2 amide bonds. The minimum absolute atomic E-state index is 0.160. The summed E-state index contributed by atoms with van der Waals surface area (Å²) in [5.74, 6) is 0.756. The highest BCUT2D eigenvalue weighted by atomic mass is 19.1. The summed E-state index contributed by atoms with van der Waals surface area (Å²) in [6.07, 6.45) is 0.792. The van der Waals surface area contributed by atoms with Crippen molar-refractivity contribution in [2.75, 3.05) is 51.8 Å². The SMILES string of the molecule is COc1cc(CN(CCCN2CCOCC2)C(=O)Nc2ccccc2F)ccc1OCc1ccccc1. The summed E-state index contributed by atoms with van der Waals surface area (Å²) in [7, 11) is 1.60. The van der Waals surface area contributed by atoms with Gasteiger partial charge in [-0.15, -0.1) is 0 Å². The van der Waals surface area contributed by atoms with E-state index < -0.39 is 5.82 Å². The van der Waals surface area contributed by atoms with Gasteiger partial charge in [-0.2, -0.15) is 0 Å². The maximum absolute atomic E-state index is 14.2. The van der Waals surface area contributed by atoms with Gasteiger partial charge in [0.2, 0.25) is 0 Å². The molecule has 1 aliphatic rings. The molecular weight excluding hydrogens is 473 g/mol. The highest BCUT2D eigenvalue weighted by Crippen LogP contribution is 2.29. The number of para-hydroxylation sites is 1. The van der Waals surface area contributed by atoms with Crippen LogP contribution in [0.15, 0.2) is 72.8 Å². The molecule has 0 aliphatic carbocycles. The van der Waals surface area contributed by atoms with E-state index in [9.17, 15) is 9.18 Å². The van der Waals surface area contributed by atoms with Crippen LogP contribution in [0, 0.1) is 5.82 Å². The Labute approximate surface area is 217 Å². The van der Waals surface area contributed by atoms with Crippen LogP contribution in [0.4, 0.5) is 14.9 Å². The van der Waals surface area contributed by atoms with Crippen LogP contribution in [-0.2, 0) is 17.9 Å². The normalized spacial score (nSPS) is 13.7. The Morgan fingerprint density at radius 1 is 1.00 bits per heavy atom. The van der Waals surface area contributed by atoms with E-state index in [-0.39, 0.29) is 11.7 Å². The standard InChI is InChI=1S/C29H34FN3O4/c1-35-28-20-24(12-13-27(28)37-22-23-8-3-2-4-9-23)21-33(15-7-14-32-16-18-36-19-17-32)29(34)31-26-11-6-5-10-25(26)30/h2-6,8-13,20H,7,14-19,21-22H2,1H3,(H,31,34). The Morgan fingerprint density at radius 2 is 1.76 bits per heavy atom. The highest BCUT2D eigenvalue weighted by molar-refractivity contribution is 5.89. The first-order valence-corrected chi connectivity index (χ1v) is 12.6. The van der Waals surface area contributed by atoms with Crippen molar-refractivity contribution >= 4 is 11.7 Å². The number of carbonyl (C=O) groups excluding carboxylic acids is 1. The van der Waals surface area contributed by atoms with Crippen molar-refractivity contribution in [3.05, 3.63) is 89.7 Å². The summed E-state index contributed by atoms with van der Waals surface area (Å²) in [5, 5.41) is 2.72. The first-order chi connectivity index (χ1) is 18.1. The zero-order valence-corrected chi connectivity index (χ0v) is 21.2. The predicted molar refractivity (Wildman–Crippen MR) is 141 cm³/mol. The molecule has 1 N–H and O–H groups in total. The molecule has 1 fully saturated rings. The molecule has 1 heterocycles. The van der Waals surface area contributed by atoms with Crippen LogP contribution in [0.3, 0.4) is 0 Å². The van der Waals surface area contributed by atoms with Gasteiger partial charge in [0.15, 0.2) is 11.5 Å². The molecule has 7 nitrogen and oxygen atoms in total. The number of carbonyl (C=O) groups is 1. The lowest BCUT2D eigenvalue weighted by Crippen LogP contribution is -2.40. The number of benzene rings is 3. The molecule has 3 aromatic rings. The van der Waals surface area contributed by atoms with Crippen molar-refractivity contribution in [2.45, 2.75) is 19.6 Å². The van der Waals surface area contributed by atoms with E-state index in [1.807, 2.05) is 48.5 Å². The second-order valence-corrected chi connectivity index (χ2v) is 8.90. The average Bonchev–Trinajstić information content (AvgIpc) is 2.94. The van der Waals surface area contributed by atoms with Gasteiger partial charge in [0.05, 0.1) is 26.0 Å². The third-order valence-corrected chi connectivity index (χ3v) is 6.25. The molecule has 4 rings (SSSR count). The summed E-state index contributed by atoms with van der Waals surface area (Å²) in [6.45, 7) is 5.40. The molecule has 0 saturated carbocycles. The average molecular weight is 508 g/mol. The van der Waals surface area contributed by atoms with Crippen molar-refractivity contribution in [3.8, 4) is 11.5 Å². The second kappa shape index (κ2) is 13.6. The molecule has 196 valence electrons. The number of nitrogens with zero attached hydrogens (tertiary/aromatic N) is 2. The molecule has 37 heavy (non-hydrogen) atoms. The summed E-state index contributed by atoms with van der Waals surface area (Å²) >= 11 is 0. The fourth-order valence-corrected chi connectivity index (χ4v) is 4.20. The molecule has 0 atom stereocenters. The molecule has 1 saturated heterocycles. The number of morpholine rings is 1. The van der Waals surface area contributed by atoms with Crippen LogP contribution in [0.25, 0.3) is 0 Å². The van der Waals surface area contributed by atoms with E-state index in [0.717, 1.165) is 50.4 Å². The quantitative estimate of drug-likeness (QED) is 0.388. The molecule has 8 heteroatoms. The molecule has 0 radical (unpaired) electrons. The minimum Gasteiger partial charge on any atom is -0.493 e. The maximum Gasteiger partial charge on any atom is 0.322 e. The summed E-state index contributed by atoms with van der Waals surface area (Å²) in [4.78, 5) is 17.2. The summed E-state index contributed by atoms with van der Waals surface area (Å²) < 4.78 is 31.2. The molecule has 3 aromatic carbocycles. The molecule has 0 spiro atoms. The number of ether oxygens (including phenoxy) is 3. The van der Waals surface area contributed by atoms with Crippen LogP contribution in [0.1, 0.15) is 17.5 Å². The Hall–Kier alpha value is -3.62. The number of amides is 2. The lowest BCUT2D eigenvalue weighted by atomic mass is 10.1. The van der Waals surface area contributed by atoms with Gasteiger partial charge in [-0.05, 0) is 41.8 Å². The number of halogens is 1. The van der Waals surface area contributed by atoms with Gasteiger partial charge in [0.1, 0.15) is 12.4 Å². The van der Waals surface area contributed by atoms with E-state index in [1.54, 1.807) is 30.2 Å².